The van der Waals surface area contributed by atoms with Crippen LogP contribution in [-0.2, 0) is 4.79 Å². The van der Waals surface area contributed by atoms with Gasteiger partial charge in [0.1, 0.15) is 0 Å². The molecule has 2 unspecified atom stereocenters. The summed E-state index contributed by atoms with van der Waals surface area (Å²) in [5, 5.41) is 23.4. The zero-order valence-corrected chi connectivity index (χ0v) is 46.5. The quantitative estimate of drug-likeness (QED) is 0.0532. The second-order valence-corrected chi connectivity index (χ2v) is 22.2. The van der Waals surface area contributed by atoms with Crippen LogP contribution in [0, 0.1) is 0 Å². The molecule has 0 radical (unpaired) electrons. The van der Waals surface area contributed by atoms with Gasteiger partial charge < -0.3 is 15.5 Å². The van der Waals surface area contributed by atoms with Crippen LogP contribution >= 0.6 is 0 Å². The molecule has 0 aliphatic heterocycles. The van der Waals surface area contributed by atoms with Gasteiger partial charge in [-0.15, -0.1) is 0 Å². The van der Waals surface area contributed by atoms with Gasteiger partial charge in [0.05, 0.1) is 18.8 Å². The van der Waals surface area contributed by atoms with Crippen LogP contribution in [-0.4, -0.2) is 34.9 Å². The van der Waals surface area contributed by atoms with Crippen molar-refractivity contribution in [3.63, 3.8) is 0 Å². The Hall–Kier alpha value is -0.610. The van der Waals surface area contributed by atoms with Crippen LogP contribution in [0.15, 0.2) is 0 Å². The van der Waals surface area contributed by atoms with E-state index in [2.05, 4.69) is 19.2 Å². The van der Waals surface area contributed by atoms with Crippen molar-refractivity contribution < 1.29 is 15.0 Å². The topological polar surface area (TPSA) is 69.6 Å². The maximum Gasteiger partial charge on any atom is 0.220 e. The Labute approximate surface area is 423 Å². The smallest absolute Gasteiger partial charge is 0.220 e. The van der Waals surface area contributed by atoms with Crippen LogP contribution in [0.5, 0.6) is 0 Å². The Morgan fingerprint density at radius 3 is 0.672 bits per heavy atom. The van der Waals surface area contributed by atoms with Gasteiger partial charge in [0.15, 0.2) is 0 Å². The molecule has 0 aliphatic rings. The molecule has 0 aromatic carbocycles. The zero-order chi connectivity index (χ0) is 48.5. The van der Waals surface area contributed by atoms with Crippen molar-refractivity contribution in [2.45, 2.75) is 392 Å². The van der Waals surface area contributed by atoms with Gasteiger partial charge in [-0.3, -0.25) is 4.79 Å². The van der Waals surface area contributed by atoms with Crippen LogP contribution in [0.3, 0.4) is 0 Å². The van der Waals surface area contributed by atoms with Gasteiger partial charge in [0, 0.05) is 6.42 Å². The number of carbonyl (C=O) groups is 1. The van der Waals surface area contributed by atoms with Gasteiger partial charge >= 0.3 is 0 Å². The molecule has 2 atom stereocenters. The first-order valence-electron chi connectivity index (χ1n) is 31.7. The standard InChI is InChI=1S/C63H127NO3/c1-3-5-7-9-11-13-15-17-19-21-23-25-27-29-30-31-32-33-35-37-39-41-43-45-47-49-51-53-55-57-59-63(67)64-61(60-65)62(66)58-56-54-52-50-48-46-44-42-40-38-36-34-28-26-24-22-20-18-16-14-12-10-8-6-4-2/h61-62,65-66H,3-60H2,1-2H3,(H,64,67). The Kier molecular flexibility index (Phi) is 59.2. The van der Waals surface area contributed by atoms with Gasteiger partial charge in [-0.1, -0.05) is 361 Å². The highest BCUT2D eigenvalue weighted by atomic mass is 16.3. The molecule has 67 heavy (non-hydrogen) atoms. The lowest BCUT2D eigenvalue weighted by atomic mass is 10.0. The highest BCUT2D eigenvalue weighted by Crippen LogP contribution is 2.19. The predicted octanol–water partition coefficient (Wildman–Crippen LogP) is 21.1. The summed E-state index contributed by atoms with van der Waals surface area (Å²) < 4.78 is 0. The van der Waals surface area contributed by atoms with Gasteiger partial charge in [-0.25, -0.2) is 0 Å². The summed E-state index contributed by atoms with van der Waals surface area (Å²) in [6.07, 6.45) is 77.0. The number of amides is 1. The van der Waals surface area contributed by atoms with Crippen molar-refractivity contribution in [1.82, 2.24) is 5.32 Å². The average molecular weight is 947 g/mol. The number of carbonyl (C=O) groups excluding carboxylic acids is 1. The molecule has 0 aromatic rings. The maximum absolute atomic E-state index is 12.5. The second kappa shape index (κ2) is 59.7. The number of rotatable bonds is 60. The third kappa shape index (κ3) is 56.2. The van der Waals surface area contributed by atoms with Crippen molar-refractivity contribution in [1.29, 1.82) is 0 Å². The fraction of sp³-hybridized carbons (Fsp3) is 0.984. The summed E-state index contributed by atoms with van der Waals surface area (Å²) >= 11 is 0. The summed E-state index contributed by atoms with van der Waals surface area (Å²) in [5.41, 5.74) is 0. The van der Waals surface area contributed by atoms with Gasteiger partial charge in [-0.05, 0) is 12.8 Å². The molecular formula is C63H127NO3. The van der Waals surface area contributed by atoms with Crippen LogP contribution in [0.1, 0.15) is 380 Å². The minimum Gasteiger partial charge on any atom is -0.394 e. The van der Waals surface area contributed by atoms with E-state index in [0.29, 0.717) is 12.8 Å². The molecule has 1 amide bonds. The molecule has 0 fully saturated rings. The second-order valence-electron chi connectivity index (χ2n) is 22.2. The summed E-state index contributed by atoms with van der Waals surface area (Å²) in [4.78, 5) is 12.5. The van der Waals surface area contributed by atoms with Crippen molar-refractivity contribution in [2.24, 2.45) is 0 Å². The van der Waals surface area contributed by atoms with Crippen LogP contribution in [0.25, 0.3) is 0 Å². The lowest BCUT2D eigenvalue weighted by molar-refractivity contribution is -0.123. The molecule has 0 heterocycles. The van der Waals surface area contributed by atoms with E-state index in [0.717, 1.165) is 25.7 Å². The van der Waals surface area contributed by atoms with E-state index in [1.165, 1.54) is 327 Å². The average Bonchev–Trinajstić information content (AvgIpc) is 3.33. The molecule has 0 rings (SSSR count). The molecule has 4 heteroatoms. The van der Waals surface area contributed by atoms with E-state index in [1.807, 2.05) is 0 Å². The third-order valence-electron chi connectivity index (χ3n) is 15.4. The third-order valence-corrected chi connectivity index (χ3v) is 15.4. The van der Waals surface area contributed by atoms with Crippen molar-refractivity contribution >= 4 is 5.91 Å². The Morgan fingerprint density at radius 2 is 0.478 bits per heavy atom. The highest BCUT2D eigenvalue weighted by molar-refractivity contribution is 5.76. The van der Waals surface area contributed by atoms with E-state index in [1.54, 1.807) is 0 Å². The fourth-order valence-corrected chi connectivity index (χ4v) is 10.5. The minimum atomic E-state index is -0.656. The Bertz CT molecular complexity index is 894. The number of hydrogen-bond donors (Lipinski definition) is 3. The van der Waals surface area contributed by atoms with Gasteiger partial charge in [0.25, 0.3) is 0 Å². The normalized spacial score (nSPS) is 12.6. The molecule has 0 saturated heterocycles. The highest BCUT2D eigenvalue weighted by Gasteiger charge is 2.20. The van der Waals surface area contributed by atoms with Gasteiger partial charge in [-0.2, -0.15) is 0 Å². The molecule has 0 aromatic heterocycles. The number of aliphatic hydroxyl groups excluding tert-OH is 2. The van der Waals surface area contributed by atoms with Crippen molar-refractivity contribution in [3.8, 4) is 0 Å². The fourth-order valence-electron chi connectivity index (χ4n) is 10.5. The van der Waals surface area contributed by atoms with Gasteiger partial charge in [0.2, 0.25) is 5.91 Å². The molecule has 0 spiro atoms. The molecule has 3 N–H and O–H groups in total. The summed E-state index contributed by atoms with van der Waals surface area (Å²) in [7, 11) is 0. The first-order valence-corrected chi connectivity index (χ1v) is 31.7. The number of nitrogens with one attached hydrogen (secondary N) is 1. The first kappa shape index (κ1) is 66.4. The molecule has 4 nitrogen and oxygen atoms in total. The van der Waals surface area contributed by atoms with Crippen LogP contribution in [0.2, 0.25) is 0 Å². The van der Waals surface area contributed by atoms with E-state index >= 15 is 0 Å². The van der Waals surface area contributed by atoms with E-state index in [4.69, 9.17) is 0 Å². The monoisotopic (exact) mass is 946 g/mol. The van der Waals surface area contributed by atoms with E-state index in [9.17, 15) is 15.0 Å². The lowest BCUT2D eigenvalue weighted by Crippen LogP contribution is -2.45. The molecule has 0 aliphatic carbocycles. The minimum absolute atomic E-state index is 0.0202. The number of aliphatic hydroxyl groups is 2. The maximum atomic E-state index is 12.5. The first-order chi connectivity index (χ1) is 33.2. The summed E-state index contributed by atoms with van der Waals surface area (Å²) in [6, 6.07) is -0.532. The number of hydrogen-bond acceptors (Lipinski definition) is 3. The van der Waals surface area contributed by atoms with E-state index in [-0.39, 0.29) is 12.5 Å². The summed E-state index contributed by atoms with van der Waals surface area (Å²) in [6.45, 7) is 4.42. The largest absolute Gasteiger partial charge is 0.394 e. The predicted molar refractivity (Wildman–Crippen MR) is 300 cm³/mol. The molecule has 402 valence electrons. The molecular weight excluding hydrogens is 819 g/mol. The van der Waals surface area contributed by atoms with E-state index < -0.39 is 12.1 Å². The van der Waals surface area contributed by atoms with Crippen LogP contribution in [0.4, 0.5) is 0 Å². The Morgan fingerprint density at radius 1 is 0.299 bits per heavy atom. The van der Waals surface area contributed by atoms with Crippen molar-refractivity contribution in [3.05, 3.63) is 0 Å². The summed E-state index contributed by atoms with van der Waals surface area (Å²) in [5.74, 6) is -0.0202. The van der Waals surface area contributed by atoms with Crippen molar-refractivity contribution in [2.75, 3.05) is 6.61 Å². The zero-order valence-electron chi connectivity index (χ0n) is 46.5. The van der Waals surface area contributed by atoms with Crippen LogP contribution < -0.4 is 5.32 Å². The SMILES string of the molecule is CCCCCCCCCCCCCCCCCCCCCCCCCCCCCCCCC(=O)NC(CO)C(O)CCCCCCCCCCCCCCCCCCCCCCCCCCC. The Balaban J connectivity index is 3.37. The number of unbranched alkanes of at least 4 members (excludes halogenated alkanes) is 53. The lowest BCUT2D eigenvalue weighted by Gasteiger charge is -2.22. The molecule has 0 bridgehead atoms. The molecule has 0 saturated carbocycles.